The fourth-order valence-corrected chi connectivity index (χ4v) is 1.13. The van der Waals surface area contributed by atoms with Crippen molar-refractivity contribution >= 4 is 21.6 Å². The Labute approximate surface area is 78.4 Å². The fraction of sp³-hybridized carbons (Fsp3) is 0.429. The number of hydrogen-bond donors (Lipinski definition) is 1. The molecule has 0 aliphatic carbocycles. The van der Waals surface area contributed by atoms with Crippen molar-refractivity contribution in [3.8, 4) is 0 Å². The molecule has 0 unspecified atom stereocenters. The van der Waals surface area contributed by atoms with Crippen LogP contribution in [0.25, 0.3) is 0 Å². The van der Waals surface area contributed by atoms with Crippen LogP contribution in [0.15, 0.2) is 20.3 Å². The van der Waals surface area contributed by atoms with Gasteiger partial charge in [0.15, 0.2) is 5.76 Å². The van der Waals surface area contributed by atoms with E-state index in [0.29, 0.717) is 22.5 Å². The van der Waals surface area contributed by atoms with Crippen molar-refractivity contribution in [1.82, 2.24) is 5.16 Å². The standard InChI is InChI=1S/C7H9BrN2O2/c1-2-3-5(9-11)6-4-7(8)10-12-6/h4,11H,2-3H2,1H3/b9-5+. The molecule has 1 rings (SSSR count). The molecule has 1 N–H and O–H groups in total. The fourth-order valence-electron chi connectivity index (χ4n) is 0.849. The lowest BCUT2D eigenvalue weighted by molar-refractivity contribution is 0.314. The first-order chi connectivity index (χ1) is 5.77. The summed E-state index contributed by atoms with van der Waals surface area (Å²) in [6.45, 7) is 2.00. The summed E-state index contributed by atoms with van der Waals surface area (Å²) < 4.78 is 5.49. The molecule has 0 amide bonds. The van der Waals surface area contributed by atoms with Crippen molar-refractivity contribution in [2.45, 2.75) is 19.8 Å². The lowest BCUT2D eigenvalue weighted by Crippen LogP contribution is -1.97. The smallest absolute Gasteiger partial charge is 0.185 e. The van der Waals surface area contributed by atoms with E-state index in [2.05, 4.69) is 26.2 Å². The van der Waals surface area contributed by atoms with Crippen LogP contribution >= 0.6 is 15.9 Å². The Morgan fingerprint density at radius 1 is 1.83 bits per heavy atom. The summed E-state index contributed by atoms with van der Waals surface area (Å²) in [6, 6.07) is 1.67. The number of hydrogen-bond acceptors (Lipinski definition) is 4. The van der Waals surface area contributed by atoms with Gasteiger partial charge < -0.3 is 9.73 Å². The number of aromatic nitrogens is 1. The van der Waals surface area contributed by atoms with Crippen LogP contribution in [0.5, 0.6) is 0 Å². The summed E-state index contributed by atoms with van der Waals surface area (Å²) in [7, 11) is 0. The minimum atomic E-state index is 0.506. The van der Waals surface area contributed by atoms with Gasteiger partial charge in [0.25, 0.3) is 0 Å². The molecule has 0 atom stereocenters. The molecule has 0 radical (unpaired) electrons. The second-order valence-electron chi connectivity index (χ2n) is 2.31. The van der Waals surface area contributed by atoms with Gasteiger partial charge in [-0.05, 0) is 22.4 Å². The van der Waals surface area contributed by atoms with E-state index in [-0.39, 0.29) is 0 Å². The van der Waals surface area contributed by atoms with Gasteiger partial charge in [0, 0.05) is 6.07 Å². The number of rotatable bonds is 3. The summed E-state index contributed by atoms with van der Waals surface area (Å²) in [6.07, 6.45) is 1.58. The van der Waals surface area contributed by atoms with E-state index in [1.165, 1.54) is 0 Å². The van der Waals surface area contributed by atoms with Crippen LogP contribution in [0.4, 0.5) is 0 Å². The van der Waals surface area contributed by atoms with E-state index in [1.807, 2.05) is 6.92 Å². The highest BCUT2D eigenvalue weighted by Crippen LogP contribution is 2.12. The molecule has 0 aromatic carbocycles. The Morgan fingerprint density at radius 3 is 3.00 bits per heavy atom. The van der Waals surface area contributed by atoms with Crippen LogP contribution < -0.4 is 0 Å². The summed E-state index contributed by atoms with van der Waals surface area (Å²) in [5.74, 6) is 0.506. The van der Waals surface area contributed by atoms with E-state index in [4.69, 9.17) is 9.73 Å². The monoisotopic (exact) mass is 232 g/mol. The predicted molar refractivity (Wildman–Crippen MR) is 47.4 cm³/mol. The van der Waals surface area contributed by atoms with Crippen LogP contribution in [-0.2, 0) is 0 Å². The van der Waals surface area contributed by atoms with Crippen molar-refractivity contribution in [2.24, 2.45) is 5.16 Å². The molecular weight excluding hydrogens is 224 g/mol. The molecule has 5 heteroatoms. The van der Waals surface area contributed by atoms with Gasteiger partial charge in [-0.3, -0.25) is 0 Å². The SMILES string of the molecule is CCC/C(=N\O)c1cc(Br)no1. The molecule has 0 bridgehead atoms. The van der Waals surface area contributed by atoms with Crippen LogP contribution in [0.2, 0.25) is 0 Å². The second kappa shape index (κ2) is 4.25. The zero-order valence-electron chi connectivity index (χ0n) is 6.62. The van der Waals surface area contributed by atoms with E-state index >= 15 is 0 Å². The molecule has 66 valence electrons. The Bertz CT molecular complexity index is 283. The minimum Gasteiger partial charge on any atom is -0.411 e. The first-order valence-corrected chi connectivity index (χ1v) is 4.40. The quantitative estimate of drug-likeness (QED) is 0.495. The van der Waals surface area contributed by atoms with Gasteiger partial charge in [0.2, 0.25) is 0 Å². The lowest BCUT2D eigenvalue weighted by atomic mass is 10.2. The molecule has 0 aliphatic heterocycles. The average Bonchev–Trinajstić information content (AvgIpc) is 2.47. The van der Waals surface area contributed by atoms with Crippen molar-refractivity contribution in [3.63, 3.8) is 0 Å². The maximum atomic E-state index is 8.60. The zero-order valence-corrected chi connectivity index (χ0v) is 8.21. The molecule has 0 saturated carbocycles. The third-order valence-corrected chi connectivity index (χ3v) is 1.75. The summed E-state index contributed by atoms with van der Waals surface area (Å²) in [5.41, 5.74) is 0.524. The van der Waals surface area contributed by atoms with Crippen molar-refractivity contribution < 1.29 is 9.73 Å². The van der Waals surface area contributed by atoms with Gasteiger partial charge in [-0.15, -0.1) is 0 Å². The van der Waals surface area contributed by atoms with Gasteiger partial charge in [-0.25, -0.2) is 0 Å². The highest BCUT2D eigenvalue weighted by atomic mass is 79.9. The van der Waals surface area contributed by atoms with E-state index in [1.54, 1.807) is 6.07 Å². The Balaban J connectivity index is 2.81. The maximum absolute atomic E-state index is 8.60. The average molecular weight is 233 g/mol. The maximum Gasteiger partial charge on any atom is 0.185 e. The minimum absolute atomic E-state index is 0.506. The Kier molecular flexibility index (Phi) is 3.28. The third kappa shape index (κ3) is 2.07. The van der Waals surface area contributed by atoms with Crippen molar-refractivity contribution in [3.05, 3.63) is 16.4 Å². The predicted octanol–water partition coefficient (Wildman–Crippen LogP) is 2.42. The Morgan fingerprint density at radius 2 is 2.58 bits per heavy atom. The van der Waals surface area contributed by atoms with Gasteiger partial charge in [0.05, 0.1) is 0 Å². The number of nitrogens with zero attached hydrogens (tertiary/aromatic N) is 2. The van der Waals surface area contributed by atoms with Crippen molar-refractivity contribution in [1.29, 1.82) is 0 Å². The molecule has 1 aromatic rings. The van der Waals surface area contributed by atoms with Crippen LogP contribution in [0, 0.1) is 0 Å². The summed E-state index contributed by atoms with van der Waals surface area (Å²) in [5, 5.41) is 15.3. The molecule has 1 heterocycles. The molecule has 0 fully saturated rings. The largest absolute Gasteiger partial charge is 0.411 e. The zero-order chi connectivity index (χ0) is 8.97. The van der Waals surface area contributed by atoms with E-state index in [9.17, 15) is 0 Å². The van der Waals surface area contributed by atoms with Gasteiger partial charge in [-0.2, -0.15) is 0 Å². The highest BCUT2D eigenvalue weighted by Gasteiger charge is 2.09. The third-order valence-electron chi connectivity index (χ3n) is 1.37. The van der Waals surface area contributed by atoms with Crippen molar-refractivity contribution in [2.75, 3.05) is 0 Å². The van der Waals surface area contributed by atoms with E-state index in [0.717, 1.165) is 6.42 Å². The second-order valence-corrected chi connectivity index (χ2v) is 3.12. The van der Waals surface area contributed by atoms with Gasteiger partial charge in [0.1, 0.15) is 10.3 Å². The van der Waals surface area contributed by atoms with Crippen LogP contribution in [-0.4, -0.2) is 16.1 Å². The lowest BCUT2D eigenvalue weighted by Gasteiger charge is -1.94. The summed E-state index contributed by atoms with van der Waals surface area (Å²) in [4.78, 5) is 0. The molecule has 0 spiro atoms. The van der Waals surface area contributed by atoms with E-state index < -0.39 is 0 Å². The van der Waals surface area contributed by atoms with Crippen LogP contribution in [0.1, 0.15) is 25.5 Å². The molecule has 1 aromatic heterocycles. The topological polar surface area (TPSA) is 58.6 Å². The normalized spacial score (nSPS) is 12.0. The number of oxime groups is 1. The van der Waals surface area contributed by atoms with Crippen LogP contribution in [0.3, 0.4) is 0 Å². The molecule has 12 heavy (non-hydrogen) atoms. The Hall–Kier alpha value is -0.840. The molecular formula is C7H9BrN2O2. The molecule has 0 aliphatic rings. The molecule has 4 nitrogen and oxygen atoms in total. The first kappa shape index (κ1) is 9.25. The van der Waals surface area contributed by atoms with Gasteiger partial charge in [-0.1, -0.05) is 23.7 Å². The summed E-state index contributed by atoms with van der Waals surface area (Å²) >= 11 is 3.14. The highest BCUT2D eigenvalue weighted by molar-refractivity contribution is 9.10. The van der Waals surface area contributed by atoms with Gasteiger partial charge >= 0.3 is 0 Å². The number of halogens is 1. The first-order valence-electron chi connectivity index (χ1n) is 3.61. The molecule has 0 saturated heterocycles.